The Labute approximate surface area is 128 Å². The van der Waals surface area contributed by atoms with Gasteiger partial charge in [-0.25, -0.2) is 0 Å². The van der Waals surface area contributed by atoms with Gasteiger partial charge in [0.25, 0.3) is 0 Å². The van der Waals surface area contributed by atoms with Crippen LogP contribution in [-0.4, -0.2) is 18.2 Å². The highest BCUT2D eigenvalue weighted by Gasteiger charge is 2.39. The minimum atomic E-state index is -1.21. The molecule has 1 aromatic rings. The molecule has 0 aromatic heterocycles. The minimum absolute atomic E-state index is 0.346. The van der Waals surface area contributed by atoms with Crippen LogP contribution in [0.1, 0.15) is 64.0 Å². The Hall–Kier alpha value is -1.35. The summed E-state index contributed by atoms with van der Waals surface area (Å²) in [4.78, 5) is 12.0. The molecule has 0 fully saturated rings. The van der Waals surface area contributed by atoms with Crippen molar-refractivity contribution in [1.29, 1.82) is 0 Å². The van der Waals surface area contributed by atoms with E-state index in [4.69, 9.17) is 4.74 Å². The van der Waals surface area contributed by atoms with Crippen molar-refractivity contribution >= 4 is 5.97 Å². The van der Waals surface area contributed by atoms with E-state index in [0.717, 1.165) is 18.4 Å². The first-order valence-corrected chi connectivity index (χ1v) is 7.75. The van der Waals surface area contributed by atoms with E-state index in [1.54, 1.807) is 6.92 Å². The Morgan fingerprint density at radius 2 is 1.86 bits per heavy atom. The molecule has 118 valence electrons. The molecule has 3 nitrogen and oxygen atoms in total. The smallest absolute Gasteiger partial charge is 0.311 e. The van der Waals surface area contributed by atoms with E-state index in [1.165, 1.54) is 12.7 Å². The monoisotopic (exact) mass is 292 g/mol. The molecule has 2 atom stereocenters. The number of carbonyl (C=O) groups is 1. The van der Waals surface area contributed by atoms with Crippen molar-refractivity contribution in [3.8, 4) is 0 Å². The predicted octanol–water partition coefficient (Wildman–Crippen LogP) is 4.00. The van der Waals surface area contributed by atoms with Crippen molar-refractivity contribution < 1.29 is 14.6 Å². The summed E-state index contributed by atoms with van der Waals surface area (Å²) in [6, 6.07) is 7.86. The van der Waals surface area contributed by atoms with E-state index in [-0.39, 0.29) is 5.97 Å². The Morgan fingerprint density at radius 1 is 1.29 bits per heavy atom. The van der Waals surface area contributed by atoms with Crippen LogP contribution in [0.2, 0.25) is 0 Å². The number of benzene rings is 1. The molecule has 0 spiro atoms. The van der Waals surface area contributed by atoms with Gasteiger partial charge in [-0.15, -0.1) is 0 Å². The van der Waals surface area contributed by atoms with E-state index in [1.807, 2.05) is 24.3 Å². The number of rotatable bonds is 7. The van der Waals surface area contributed by atoms with Crippen molar-refractivity contribution in [2.24, 2.45) is 5.92 Å². The average Bonchev–Trinajstić information content (AvgIpc) is 2.47. The van der Waals surface area contributed by atoms with Crippen LogP contribution in [0.3, 0.4) is 0 Å². The van der Waals surface area contributed by atoms with E-state index >= 15 is 0 Å². The summed E-state index contributed by atoms with van der Waals surface area (Å²) in [5, 5.41) is 10.9. The number of aliphatic hydroxyl groups is 1. The van der Waals surface area contributed by atoms with Gasteiger partial charge in [-0.1, -0.05) is 57.9 Å². The normalized spacial score (nSPS) is 15.6. The molecule has 0 aliphatic heterocycles. The van der Waals surface area contributed by atoms with Crippen LogP contribution in [0.4, 0.5) is 0 Å². The summed E-state index contributed by atoms with van der Waals surface area (Å²) >= 11 is 0. The fourth-order valence-electron chi connectivity index (χ4n) is 2.59. The molecule has 0 heterocycles. The Balaban J connectivity index is 3.05. The number of unbranched alkanes of at least 4 members (excludes halogenated alkanes) is 1. The van der Waals surface area contributed by atoms with Crippen LogP contribution in [0.15, 0.2) is 24.3 Å². The predicted molar refractivity (Wildman–Crippen MR) is 85.1 cm³/mol. The number of ether oxygens (including phenoxy) is 1. The van der Waals surface area contributed by atoms with Crippen LogP contribution in [0.25, 0.3) is 0 Å². The number of carbonyl (C=O) groups excluding carboxylic acids is 1. The van der Waals surface area contributed by atoms with Gasteiger partial charge in [0.15, 0.2) is 0 Å². The van der Waals surface area contributed by atoms with E-state index < -0.39 is 11.5 Å². The summed E-state index contributed by atoms with van der Waals surface area (Å²) in [6.45, 7) is 8.03. The number of hydrogen-bond acceptors (Lipinski definition) is 3. The summed E-state index contributed by atoms with van der Waals surface area (Å²) in [7, 11) is 1.37. The molecule has 0 bridgehead atoms. The zero-order valence-electron chi connectivity index (χ0n) is 13.8. The van der Waals surface area contributed by atoms with Gasteiger partial charge in [-0.05, 0) is 30.4 Å². The second-order valence-electron chi connectivity index (χ2n) is 6.14. The van der Waals surface area contributed by atoms with Crippen molar-refractivity contribution in [1.82, 2.24) is 0 Å². The lowest BCUT2D eigenvalue weighted by molar-refractivity contribution is -0.156. The third kappa shape index (κ3) is 4.31. The first-order valence-electron chi connectivity index (χ1n) is 7.75. The zero-order chi connectivity index (χ0) is 16.0. The standard InChI is InChI=1S/C18H28O3/c1-6-7-8-16(17(19)21-5)18(4,20)15-11-9-14(10-12-15)13(2)3/h9-13,16,20H,6-8H2,1-5H3. The molecule has 0 amide bonds. The van der Waals surface area contributed by atoms with Gasteiger partial charge in [0.2, 0.25) is 0 Å². The largest absolute Gasteiger partial charge is 0.469 e. The molecule has 0 aliphatic carbocycles. The molecule has 1 aromatic carbocycles. The van der Waals surface area contributed by atoms with E-state index in [2.05, 4.69) is 20.8 Å². The van der Waals surface area contributed by atoms with E-state index in [9.17, 15) is 9.90 Å². The molecule has 2 unspecified atom stereocenters. The molecule has 21 heavy (non-hydrogen) atoms. The maximum Gasteiger partial charge on any atom is 0.311 e. The van der Waals surface area contributed by atoms with Gasteiger partial charge in [0, 0.05) is 0 Å². The lowest BCUT2D eigenvalue weighted by Gasteiger charge is -2.31. The minimum Gasteiger partial charge on any atom is -0.469 e. The maximum atomic E-state index is 12.0. The van der Waals surface area contributed by atoms with Gasteiger partial charge >= 0.3 is 5.97 Å². The van der Waals surface area contributed by atoms with Gasteiger partial charge in [-0.2, -0.15) is 0 Å². The lowest BCUT2D eigenvalue weighted by Crippen LogP contribution is -2.38. The first kappa shape index (κ1) is 17.7. The maximum absolute atomic E-state index is 12.0. The second-order valence-corrected chi connectivity index (χ2v) is 6.14. The van der Waals surface area contributed by atoms with E-state index in [0.29, 0.717) is 12.3 Å². The second kappa shape index (κ2) is 7.60. The van der Waals surface area contributed by atoms with Crippen molar-refractivity contribution in [2.75, 3.05) is 7.11 Å². The summed E-state index contributed by atoms with van der Waals surface area (Å²) in [6.07, 6.45) is 2.50. The Morgan fingerprint density at radius 3 is 2.29 bits per heavy atom. The van der Waals surface area contributed by atoms with Crippen LogP contribution in [0, 0.1) is 5.92 Å². The molecule has 0 aliphatic rings. The fourth-order valence-corrected chi connectivity index (χ4v) is 2.59. The molecule has 0 saturated carbocycles. The molecule has 0 saturated heterocycles. The summed E-state index contributed by atoms with van der Waals surface area (Å²) < 4.78 is 4.88. The third-order valence-corrected chi connectivity index (χ3v) is 4.17. The molecule has 0 radical (unpaired) electrons. The number of esters is 1. The van der Waals surface area contributed by atoms with Crippen LogP contribution in [0.5, 0.6) is 0 Å². The first-order chi connectivity index (χ1) is 9.84. The van der Waals surface area contributed by atoms with Gasteiger partial charge in [-0.3, -0.25) is 4.79 Å². The lowest BCUT2D eigenvalue weighted by atomic mass is 9.79. The van der Waals surface area contributed by atoms with Crippen LogP contribution < -0.4 is 0 Å². The zero-order valence-corrected chi connectivity index (χ0v) is 13.8. The molecule has 1 N–H and O–H groups in total. The van der Waals surface area contributed by atoms with Gasteiger partial charge in [0.05, 0.1) is 13.0 Å². The topological polar surface area (TPSA) is 46.5 Å². The fraction of sp³-hybridized carbons (Fsp3) is 0.611. The third-order valence-electron chi connectivity index (χ3n) is 4.17. The van der Waals surface area contributed by atoms with Crippen molar-refractivity contribution in [2.45, 2.75) is 58.5 Å². The average molecular weight is 292 g/mol. The Kier molecular flexibility index (Phi) is 6.41. The number of hydrogen-bond donors (Lipinski definition) is 1. The summed E-state index contributed by atoms with van der Waals surface area (Å²) in [5.74, 6) is -0.436. The van der Waals surface area contributed by atoms with Crippen LogP contribution >= 0.6 is 0 Å². The highest BCUT2D eigenvalue weighted by atomic mass is 16.5. The SMILES string of the molecule is CCCCC(C(=O)OC)C(C)(O)c1ccc(C(C)C)cc1. The highest BCUT2D eigenvalue weighted by molar-refractivity contribution is 5.74. The molecule has 1 rings (SSSR count). The van der Waals surface area contributed by atoms with Crippen LogP contribution in [-0.2, 0) is 15.1 Å². The molecular weight excluding hydrogens is 264 g/mol. The molecule has 3 heteroatoms. The van der Waals surface area contributed by atoms with Gasteiger partial charge in [0.1, 0.15) is 5.60 Å². The van der Waals surface area contributed by atoms with Gasteiger partial charge < -0.3 is 9.84 Å². The van der Waals surface area contributed by atoms with Crippen molar-refractivity contribution in [3.63, 3.8) is 0 Å². The highest BCUT2D eigenvalue weighted by Crippen LogP contribution is 2.34. The molecular formula is C18H28O3. The summed E-state index contributed by atoms with van der Waals surface area (Å²) in [5.41, 5.74) is 0.772. The number of methoxy groups -OCH3 is 1. The quantitative estimate of drug-likeness (QED) is 0.773. The Bertz CT molecular complexity index is 446. The van der Waals surface area contributed by atoms with Crippen molar-refractivity contribution in [3.05, 3.63) is 35.4 Å².